The van der Waals surface area contributed by atoms with E-state index in [1.165, 1.54) is 6.92 Å². The molecule has 8 nitrogen and oxygen atoms in total. The Morgan fingerprint density at radius 2 is 1.90 bits per heavy atom. The summed E-state index contributed by atoms with van der Waals surface area (Å²) in [6.07, 6.45) is 0.0958. The van der Waals surface area contributed by atoms with Crippen molar-refractivity contribution < 1.29 is 27.2 Å². The zero-order valence-electron chi connectivity index (χ0n) is 16.1. The Bertz CT molecular complexity index is 1110. The summed E-state index contributed by atoms with van der Waals surface area (Å²) < 4.78 is 37.6. The van der Waals surface area contributed by atoms with Crippen LogP contribution in [0, 0.1) is 5.82 Å². The van der Waals surface area contributed by atoms with Gasteiger partial charge in [0.25, 0.3) is 5.91 Å². The highest BCUT2D eigenvalue weighted by Crippen LogP contribution is 2.37. The van der Waals surface area contributed by atoms with Crippen molar-refractivity contribution in [3.63, 3.8) is 0 Å². The molecule has 0 radical (unpaired) electrons. The average Bonchev–Trinajstić information content (AvgIpc) is 3.03. The van der Waals surface area contributed by atoms with Crippen molar-refractivity contribution in [1.82, 2.24) is 4.90 Å². The molecule has 1 aromatic carbocycles. The summed E-state index contributed by atoms with van der Waals surface area (Å²) in [5.74, 6) is -2.41. The predicted octanol–water partition coefficient (Wildman–Crippen LogP) is 1.69. The molecule has 1 aromatic heterocycles. The molecule has 0 aliphatic carbocycles. The third kappa shape index (κ3) is 4.68. The van der Waals surface area contributed by atoms with Crippen LogP contribution < -0.4 is 11.1 Å². The van der Waals surface area contributed by atoms with Gasteiger partial charge in [0.2, 0.25) is 11.8 Å². The molecule has 0 fully saturated rings. The average molecular weight is 454 g/mol. The summed E-state index contributed by atoms with van der Waals surface area (Å²) in [5, 5.41) is 2.83. The summed E-state index contributed by atoms with van der Waals surface area (Å²) in [6.45, 7) is 2.23. The Balaban J connectivity index is 1.73. The number of benzene rings is 1. The smallest absolute Gasteiger partial charge is 0.251 e. The number of hydrogen-bond acceptors (Lipinski definition) is 6. The normalized spacial score (nSPS) is 13.6. The first-order valence-electron chi connectivity index (χ1n) is 9.06. The van der Waals surface area contributed by atoms with Crippen LogP contribution >= 0.6 is 11.3 Å². The molecule has 2 aromatic rings. The van der Waals surface area contributed by atoms with Gasteiger partial charge in [0, 0.05) is 24.8 Å². The molecule has 0 spiro atoms. The first kappa shape index (κ1) is 21.9. The topological polar surface area (TPSA) is 127 Å². The lowest BCUT2D eigenvalue weighted by molar-refractivity contribution is -0.129. The molecule has 2 heterocycles. The summed E-state index contributed by atoms with van der Waals surface area (Å²) in [6, 6.07) is 4.35. The number of primary amides is 1. The maximum Gasteiger partial charge on any atom is 0.251 e. The highest BCUT2D eigenvalue weighted by molar-refractivity contribution is 7.91. The maximum absolute atomic E-state index is 13.0. The van der Waals surface area contributed by atoms with Crippen LogP contribution in [0.5, 0.6) is 0 Å². The molecule has 3 amide bonds. The molecule has 3 N–H and O–H groups in total. The van der Waals surface area contributed by atoms with E-state index >= 15 is 0 Å². The highest BCUT2D eigenvalue weighted by atomic mass is 32.2. The van der Waals surface area contributed by atoms with Gasteiger partial charge in [0.1, 0.15) is 10.8 Å². The van der Waals surface area contributed by atoms with E-state index < -0.39 is 33.2 Å². The molecular weight excluding hydrogens is 433 g/mol. The number of halogens is 1. The van der Waals surface area contributed by atoms with E-state index in [0.717, 1.165) is 40.5 Å². The fourth-order valence-corrected chi connectivity index (χ4v) is 5.72. The van der Waals surface area contributed by atoms with Gasteiger partial charge in [0.05, 0.1) is 22.8 Å². The fourth-order valence-electron chi connectivity index (χ4n) is 3.20. The molecule has 3 rings (SSSR count). The standard InChI is InChI=1S/C19H20FN3O5S2/c1-11(24)23-8-6-14-15(10-23)29-19(17(14)18(21)26)22-16(25)7-9-30(27,28)13-4-2-12(20)3-5-13/h2-5H,6-10H2,1H3,(H2,21,26)(H,22,25). The third-order valence-corrected chi connectivity index (χ3v) is 7.64. The maximum atomic E-state index is 13.0. The molecule has 1 aliphatic rings. The Hall–Kier alpha value is -2.79. The van der Waals surface area contributed by atoms with Gasteiger partial charge in [-0.25, -0.2) is 12.8 Å². The number of sulfone groups is 1. The number of nitrogens with one attached hydrogen (secondary N) is 1. The Morgan fingerprint density at radius 3 is 2.50 bits per heavy atom. The number of carbonyl (C=O) groups is 3. The minimum absolute atomic E-state index is 0.0783. The van der Waals surface area contributed by atoms with Crippen LogP contribution in [-0.4, -0.2) is 43.3 Å². The van der Waals surface area contributed by atoms with E-state index in [-0.39, 0.29) is 27.8 Å². The van der Waals surface area contributed by atoms with E-state index in [2.05, 4.69) is 5.32 Å². The van der Waals surface area contributed by atoms with Gasteiger partial charge in [0.15, 0.2) is 9.84 Å². The van der Waals surface area contributed by atoms with Crippen LogP contribution in [0.1, 0.15) is 34.1 Å². The van der Waals surface area contributed by atoms with Gasteiger partial charge < -0.3 is 16.0 Å². The van der Waals surface area contributed by atoms with E-state index in [0.29, 0.717) is 25.1 Å². The SMILES string of the molecule is CC(=O)N1CCc2c(sc(NC(=O)CCS(=O)(=O)c3ccc(F)cc3)c2C(N)=O)C1. The Kier molecular flexibility index (Phi) is 6.22. The molecule has 0 bridgehead atoms. The van der Waals surface area contributed by atoms with Gasteiger partial charge in [-0.2, -0.15) is 0 Å². The van der Waals surface area contributed by atoms with Crippen molar-refractivity contribution in [2.75, 3.05) is 17.6 Å². The minimum Gasteiger partial charge on any atom is -0.365 e. The van der Waals surface area contributed by atoms with Crippen molar-refractivity contribution in [3.8, 4) is 0 Å². The van der Waals surface area contributed by atoms with Crippen molar-refractivity contribution in [2.24, 2.45) is 5.73 Å². The largest absolute Gasteiger partial charge is 0.365 e. The molecule has 11 heteroatoms. The monoisotopic (exact) mass is 453 g/mol. The number of thiophene rings is 1. The third-order valence-electron chi connectivity index (χ3n) is 4.77. The van der Waals surface area contributed by atoms with Crippen LogP contribution in [0.2, 0.25) is 0 Å². The number of anilines is 1. The Labute approximate surface area is 176 Å². The molecule has 0 atom stereocenters. The molecule has 0 unspecified atom stereocenters. The van der Waals surface area contributed by atoms with E-state index in [1.807, 2.05) is 0 Å². The van der Waals surface area contributed by atoms with E-state index in [1.54, 1.807) is 4.90 Å². The number of fused-ring (bicyclic) bond motifs is 1. The van der Waals surface area contributed by atoms with Crippen molar-refractivity contribution >= 4 is 43.9 Å². The van der Waals surface area contributed by atoms with Gasteiger partial charge in [-0.3, -0.25) is 14.4 Å². The van der Waals surface area contributed by atoms with E-state index in [9.17, 15) is 27.2 Å². The molecule has 0 saturated heterocycles. The highest BCUT2D eigenvalue weighted by Gasteiger charge is 2.28. The fraction of sp³-hybridized carbons (Fsp3) is 0.316. The lowest BCUT2D eigenvalue weighted by atomic mass is 10.0. The van der Waals surface area contributed by atoms with Gasteiger partial charge in [-0.1, -0.05) is 0 Å². The Morgan fingerprint density at radius 1 is 1.23 bits per heavy atom. The number of nitrogens with two attached hydrogens (primary N) is 1. The van der Waals surface area contributed by atoms with Gasteiger partial charge in [-0.05, 0) is 36.2 Å². The van der Waals surface area contributed by atoms with Gasteiger partial charge >= 0.3 is 0 Å². The van der Waals surface area contributed by atoms with Crippen LogP contribution in [0.25, 0.3) is 0 Å². The zero-order chi connectivity index (χ0) is 22.1. The number of nitrogens with zero attached hydrogens (tertiary/aromatic N) is 1. The van der Waals surface area contributed by atoms with Gasteiger partial charge in [-0.15, -0.1) is 11.3 Å². The van der Waals surface area contributed by atoms with Crippen LogP contribution in [0.15, 0.2) is 29.2 Å². The van der Waals surface area contributed by atoms with E-state index in [4.69, 9.17) is 5.73 Å². The molecule has 160 valence electrons. The minimum atomic E-state index is -3.77. The quantitative estimate of drug-likeness (QED) is 0.644. The summed E-state index contributed by atoms with van der Waals surface area (Å²) >= 11 is 1.15. The molecular formula is C19H20FN3O5S2. The van der Waals surface area contributed by atoms with Crippen molar-refractivity contribution in [2.45, 2.75) is 31.2 Å². The summed E-state index contributed by atoms with van der Waals surface area (Å²) in [5.41, 5.74) is 6.40. The second-order valence-corrected chi connectivity index (χ2v) is 10.0. The lowest BCUT2D eigenvalue weighted by Gasteiger charge is -2.25. The second kappa shape index (κ2) is 8.52. The number of hydrogen-bond donors (Lipinski definition) is 2. The van der Waals surface area contributed by atoms with Crippen molar-refractivity contribution in [1.29, 1.82) is 0 Å². The van der Waals surface area contributed by atoms with Crippen LogP contribution in [0.3, 0.4) is 0 Å². The molecule has 1 aliphatic heterocycles. The first-order valence-corrected chi connectivity index (χ1v) is 11.5. The zero-order valence-corrected chi connectivity index (χ0v) is 17.7. The molecule has 0 saturated carbocycles. The number of rotatable bonds is 6. The second-order valence-electron chi connectivity index (χ2n) is 6.83. The van der Waals surface area contributed by atoms with Crippen LogP contribution in [0.4, 0.5) is 9.39 Å². The van der Waals surface area contributed by atoms with Crippen molar-refractivity contribution in [3.05, 3.63) is 46.1 Å². The lowest BCUT2D eigenvalue weighted by Crippen LogP contribution is -2.34. The van der Waals surface area contributed by atoms with Crippen LogP contribution in [-0.2, 0) is 32.4 Å². The number of amides is 3. The predicted molar refractivity (Wildman–Crippen MR) is 109 cm³/mol. The summed E-state index contributed by atoms with van der Waals surface area (Å²) in [4.78, 5) is 38.2. The number of carbonyl (C=O) groups excluding carboxylic acids is 3. The first-order chi connectivity index (χ1) is 14.1. The molecule has 30 heavy (non-hydrogen) atoms. The summed E-state index contributed by atoms with van der Waals surface area (Å²) in [7, 11) is -3.77.